The fourth-order valence-corrected chi connectivity index (χ4v) is 2.33. The van der Waals surface area contributed by atoms with Crippen LogP contribution in [0.2, 0.25) is 0 Å². The second kappa shape index (κ2) is 4.23. The zero-order chi connectivity index (χ0) is 12.7. The van der Waals surface area contributed by atoms with Gasteiger partial charge in [-0.1, -0.05) is 0 Å². The molecule has 1 aliphatic rings. The molecule has 1 saturated carbocycles. The summed E-state index contributed by atoms with van der Waals surface area (Å²) in [7, 11) is 0. The first-order valence-electron chi connectivity index (χ1n) is 5.90. The number of fused-ring (bicyclic) bond motifs is 1. The molecule has 0 bridgehead atoms. The van der Waals surface area contributed by atoms with E-state index in [1.807, 2.05) is 10.8 Å². The molecular weight excluding hydrogens is 243 g/mol. The van der Waals surface area contributed by atoms with Crippen molar-refractivity contribution in [2.75, 3.05) is 0 Å². The molecule has 2 nitrogen and oxygen atoms in total. The smallest absolute Gasteiger partial charge is 0.387 e. The van der Waals surface area contributed by atoms with Crippen LogP contribution >= 0.6 is 0 Å². The van der Waals surface area contributed by atoms with E-state index in [1.165, 1.54) is 18.6 Å². The molecule has 1 fully saturated rings. The van der Waals surface area contributed by atoms with E-state index in [-0.39, 0.29) is 0 Å². The number of rotatable bonds is 3. The zero-order valence-corrected chi connectivity index (χ0v) is 9.57. The molecule has 0 atom stereocenters. The van der Waals surface area contributed by atoms with Gasteiger partial charge in [-0.15, -0.1) is 0 Å². The Bertz CT molecular complexity index is 575. The molecule has 2 aromatic rings. The number of nitrogens with zero attached hydrogens (tertiary/aromatic N) is 1. The molecule has 0 radical (unpaired) electrons. The fourth-order valence-electron chi connectivity index (χ4n) is 2.33. The standard InChI is InChI=1S/C13H12F3NO/c14-10-6-8-4-5-17(9-2-1-3-9)11(8)7-12(10)18-13(15)16/h4-7,9,13H,1-3H2. The van der Waals surface area contributed by atoms with Crippen molar-refractivity contribution in [3.63, 3.8) is 0 Å². The van der Waals surface area contributed by atoms with Crippen LogP contribution in [0.1, 0.15) is 25.3 Å². The van der Waals surface area contributed by atoms with Crippen LogP contribution in [0.5, 0.6) is 5.75 Å². The highest BCUT2D eigenvalue weighted by atomic mass is 19.3. The van der Waals surface area contributed by atoms with E-state index in [0.717, 1.165) is 18.4 Å². The van der Waals surface area contributed by atoms with Gasteiger partial charge < -0.3 is 9.30 Å². The minimum absolute atomic E-state index is 0.392. The molecule has 0 unspecified atom stereocenters. The summed E-state index contributed by atoms with van der Waals surface area (Å²) in [5.74, 6) is -1.15. The van der Waals surface area contributed by atoms with Crippen LogP contribution in [0.4, 0.5) is 13.2 Å². The number of hydrogen-bond donors (Lipinski definition) is 0. The van der Waals surface area contributed by atoms with E-state index in [0.29, 0.717) is 11.4 Å². The molecule has 18 heavy (non-hydrogen) atoms. The Morgan fingerprint density at radius 3 is 2.67 bits per heavy atom. The number of hydrogen-bond acceptors (Lipinski definition) is 1. The lowest BCUT2D eigenvalue weighted by Gasteiger charge is -2.28. The number of aromatic nitrogens is 1. The van der Waals surface area contributed by atoms with Gasteiger partial charge in [0, 0.05) is 23.7 Å². The van der Waals surface area contributed by atoms with Gasteiger partial charge in [0.2, 0.25) is 0 Å². The third-order valence-corrected chi connectivity index (χ3v) is 3.46. The van der Waals surface area contributed by atoms with Crippen LogP contribution in [0.15, 0.2) is 24.4 Å². The van der Waals surface area contributed by atoms with E-state index >= 15 is 0 Å². The summed E-state index contributed by atoms with van der Waals surface area (Å²) in [6, 6.07) is 4.78. The quantitative estimate of drug-likeness (QED) is 0.805. The molecule has 5 heteroatoms. The minimum atomic E-state index is -3.01. The molecule has 1 aromatic carbocycles. The van der Waals surface area contributed by atoms with Gasteiger partial charge in [0.15, 0.2) is 11.6 Å². The van der Waals surface area contributed by atoms with Crippen LogP contribution in [0.3, 0.4) is 0 Å². The number of ether oxygens (including phenoxy) is 1. The second-order valence-electron chi connectivity index (χ2n) is 4.53. The Balaban J connectivity index is 2.06. The average molecular weight is 255 g/mol. The monoisotopic (exact) mass is 255 g/mol. The van der Waals surface area contributed by atoms with E-state index in [2.05, 4.69) is 4.74 Å². The number of halogens is 3. The summed E-state index contributed by atoms with van der Waals surface area (Å²) < 4.78 is 44.1. The molecule has 96 valence electrons. The highest BCUT2D eigenvalue weighted by Gasteiger charge is 2.21. The predicted octanol–water partition coefficient (Wildman–Crippen LogP) is 4.11. The molecule has 0 spiro atoms. The maximum Gasteiger partial charge on any atom is 0.387 e. The molecule has 1 aromatic heterocycles. The summed E-state index contributed by atoms with van der Waals surface area (Å²) in [4.78, 5) is 0. The number of benzene rings is 1. The third-order valence-electron chi connectivity index (χ3n) is 3.46. The Morgan fingerprint density at radius 1 is 1.28 bits per heavy atom. The van der Waals surface area contributed by atoms with Crippen molar-refractivity contribution in [1.29, 1.82) is 0 Å². The van der Waals surface area contributed by atoms with Crippen molar-refractivity contribution >= 4 is 10.9 Å². The molecule has 0 N–H and O–H groups in total. The molecule has 0 saturated heterocycles. The normalized spacial score (nSPS) is 16.2. The summed E-state index contributed by atoms with van der Waals surface area (Å²) in [6.07, 6.45) is 5.20. The van der Waals surface area contributed by atoms with Gasteiger partial charge >= 0.3 is 6.61 Å². The van der Waals surface area contributed by atoms with Crippen molar-refractivity contribution < 1.29 is 17.9 Å². The minimum Gasteiger partial charge on any atom is -0.432 e. The Hall–Kier alpha value is -1.65. The van der Waals surface area contributed by atoms with Gasteiger partial charge in [0.25, 0.3) is 0 Å². The second-order valence-corrected chi connectivity index (χ2v) is 4.53. The van der Waals surface area contributed by atoms with E-state index < -0.39 is 18.2 Å². The third kappa shape index (κ3) is 1.83. The lowest BCUT2D eigenvalue weighted by molar-refractivity contribution is -0.0520. The van der Waals surface area contributed by atoms with Gasteiger partial charge in [-0.05, 0) is 31.4 Å². The Labute approximate surface area is 102 Å². The highest BCUT2D eigenvalue weighted by molar-refractivity contribution is 5.82. The van der Waals surface area contributed by atoms with Crippen molar-refractivity contribution in [2.24, 2.45) is 0 Å². The average Bonchev–Trinajstić information content (AvgIpc) is 2.59. The first-order chi connectivity index (χ1) is 8.65. The van der Waals surface area contributed by atoms with Crippen molar-refractivity contribution in [3.8, 4) is 5.75 Å². The maximum absolute atomic E-state index is 13.5. The summed E-state index contributed by atoms with van der Waals surface area (Å²) in [6.45, 7) is -3.01. The predicted molar refractivity (Wildman–Crippen MR) is 61.4 cm³/mol. The lowest BCUT2D eigenvalue weighted by atomic mass is 9.93. The Morgan fingerprint density at radius 2 is 2.06 bits per heavy atom. The van der Waals surface area contributed by atoms with E-state index in [9.17, 15) is 13.2 Å². The van der Waals surface area contributed by atoms with E-state index in [1.54, 1.807) is 6.07 Å². The van der Waals surface area contributed by atoms with Crippen LogP contribution < -0.4 is 4.74 Å². The summed E-state index contributed by atoms with van der Waals surface area (Å²) in [5, 5.41) is 0.709. The molecule has 0 amide bonds. The van der Waals surface area contributed by atoms with Crippen LogP contribution in [0, 0.1) is 5.82 Å². The summed E-state index contributed by atoms with van der Waals surface area (Å²) >= 11 is 0. The molecular formula is C13H12F3NO. The van der Waals surface area contributed by atoms with Crippen molar-refractivity contribution in [2.45, 2.75) is 31.9 Å². The highest BCUT2D eigenvalue weighted by Crippen LogP contribution is 2.36. The zero-order valence-electron chi connectivity index (χ0n) is 9.57. The maximum atomic E-state index is 13.5. The van der Waals surface area contributed by atoms with Gasteiger partial charge in [0.05, 0.1) is 5.52 Å². The largest absolute Gasteiger partial charge is 0.432 e. The topological polar surface area (TPSA) is 14.2 Å². The van der Waals surface area contributed by atoms with Gasteiger partial charge in [-0.3, -0.25) is 0 Å². The molecule has 0 aliphatic heterocycles. The first-order valence-corrected chi connectivity index (χ1v) is 5.90. The van der Waals surface area contributed by atoms with Gasteiger partial charge in [-0.2, -0.15) is 8.78 Å². The fraction of sp³-hybridized carbons (Fsp3) is 0.385. The number of alkyl halides is 2. The molecule has 1 heterocycles. The summed E-state index contributed by atoms with van der Waals surface area (Å²) in [5.41, 5.74) is 0.747. The van der Waals surface area contributed by atoms with Crippen LogP contribution in [-0.2, 0) is 0 Å². The van der Waals surface area contributed by atoms with Crippen molar-refractivity contribution in [3.05, 3.63) is 30.2 Å². The van der Waals surface area contributed by atoms with Crippen LogP contribution in [0.25, 0.3) is 10.9 Å². The molecule has 3 rings (SSSR count). The van der Waals surface area contributed by atoms with Crippen LogP contribution in [-0.4, -0.2) is 11.2 Å². The van der Waals surface area contributed by atoms with Gasteiger partial charge in [-0.25, -0.2) is 4.39 Å². The molecule has 1 aliphatic carbocycles. The van der Waals surface area contributed by atoms with Crippen molar-refractivity contribution in [1.82, 2.24) is 4.57 Å². The Kier molecular flexibility index (Phi) is 2.69. The van der Waals surface area contributed by atoms with E-state index in [4.69, 9.17) is 0 Å². The first kappa shape index (κ1) is 11.4. The SMILES string of the molecule is Fc1cc2ccn(C3CCC3)c2cc1OC(F)F. The lowest BCUT2D eigenvalue weighted by Crippen LogP contribution is -2.15. The van der Waals surface area contributed by atoms with Gasteiger partial charge in [0.1, 0.15) is 0 Å².